The van der Waals surface area contributed by atoms with E-state index in [4.69, 9.17) is 5.11 Å². The Morgan fingerprint density at radius 1 is 1.70 bits per heavy atom. The fraction of sp³-hybridized carbons (Fsp3) is 0.833. The summed E-state index contributed by atoms with van der Waals surface area (Å²) in [5, 5.41) is 8.16. The molecule has 4 heteroatoms. The molecule has 0 unspecified atom stereocenters. The molecular weight excluding hydrogens is 144 g/mol. The largest absolute Gasteiger partial charge is 2.00 e. The number of aliphatic hydroxyl groups excluding tert-OH is 1. The number of carbonyl (C=O) groups excluding carboxylic acids is 1. The standard InChI is InChI=1S/C6H12O3.Mg.2H/c1-2-3-4-9-6(8)5-7;;;/h7H,2-5H2,1H3;;;/q;+2;2*-1. The SMILES string of the molecule is CCCCOC(=O)CO.[H-].[H-].[Mg+2]. The summed E-state index contributed by atoms with van der Waals surface area (Å²) in [6, 6.07) is 0. The van der Waals surface area contributed by atoms with Crippen LogP contribution in [0.5, 0.6) is 0 Å². The molecule has 0 atom stereocenters. The monoisotopic (exact) mass is 158 g/mol. The predicted molar refractivity (Wildman–Crippen MR) is 40.9 cm³/mol. The van der Waals surface area contributed by atoms with E-state index in [1.807, 2.05) is 6.92 Å². The first-order valence-electron chi connectivity index (χ1n) is 3.07. The second kappa shape index (κ2) is 9.20. The Morgan fingerprint density at radius 3 is 2.70 bits per heavy atom. The maximum atomic E-state index is 10.2. The van der Waals surface area contributed by atoms with Gasteiger partial charge in [0.25, 0.3) is 0 Å². The van der Waals surface area contributed by atoms with Crippen molar-refractivity contribution < 1.29 is 17.5 Å². The summed E-state index contributed by atoms with van der Waals surface area (Å²) < 4.78 is 4.54. The summed E-state index contributed by atoms with van der Waals surface area (Å²) in [6.45, 7) is 1.92. The number of carbonyl (C=O) groups is 1. The maximum Gasteiger partial charge on any atom is 2.00 e. The van der Waals surface area contributed by atoms with Gasteiger partial charge in [-0.2, -0.15) is 0 Å². The maximum absolute atomic E-state index is 10.2. The van der Waals surface area contributed by atoms with Crippen LogP contribution in [0.3, 0.4) is 0 Å². The Kier molecular flexibility index (Phi) is 11.8. The molecule has 0 radical (unpaired) electrons. The van der Waals surface area contributed by atoms with E-state index in [1.54, 1.807) is 0 Å². The van der Waals surface area contributed by atoms with Crippen molar-refractivity contribution in [2.24, 2.45) is 0 Å². The Labute approximate surface area is 79.9 Å². The zero-order valence-corrected chi connectivity index (χ0v) is 7.71. The van der Waals surface area contributed by atoms with E-state index in [2.05, 4.69) is 4.74 Å². The smallest absolute Gasteiger partial charge is 1.00 e. The van der Waals surface area contributed by atoms with Crippen molar-refractivity contribution in [2.45, 2.75) is 19.8 Å². The van der Waals surface area contributed by atoms with Crippen LogP contribution in [0.1, 0.15) is 22.6 Å². The molecule has 58 valence electrons. The van der Waals surface area contributed by atoms with Crippen LogP contribution < -0.4 is 0 Å². The topological polar surface area (TPSA) is 46.5 Å². The van der Waals surface area contributed by atoms with Crippen LogP contribution >= 0.6 is 0 Å². The Bertz CT molecular complexity index is 92.9. The van der Waals surface area contributed by atoms with Crippen molar-refractivity contribution in [2.75, 3.05) is 13.2 Å². The van der Waals surface area contributed by atoms with Gasteiger partial charge in [-0.15, -0.1) is 0 Å². The predicted octanol–water partition coefficient (Wildman–Crippen LogP) is 0.166. The average Bonchev–Trinajstić information content (AvgIpc) is 1.89. The quantitative estimate of drug-likeness (QED) is 0.360. The Balaban J connectivity index is -0.000000107. The second-order valence-electron chi connectivity index (χ2n) is 1.73. The summed E-state index contributed by atoms with van der Waals surface area (Å²) in [5.41, 5.74) is 0. The zero-order chi connectivity index (χ0) is 7.11. The summed E-state index contributed by atoms with van der Waals surface area (Å²) in [5.74, 6) is -0.538. The molecule has 0 saturated heterocycles. The van der Waals surface area contributed by atoms with Gasteiger partial charge in [0, 0.05) is 0 Å². The summed E-state index contributed by atoms with van der Waals surface area (Å²) in [4.78, 5) is 10.2. The minimum absolute atomic E-state index is 0. The molecule has 0 aliphatic carbocycles. The molecule has 3 nitrogen and oxygen atoms in total. The van der Waals surface area contributed by atoms with Crippen LogP contribution in [0, 0.1) is 0 Å². The molecule has 0 aliphatic rings. The van der Waals surface area contributed by atoms with E-state index in [9.17, 15) is 4.79 Å². The molecule has 10 heavy (non-hydrogen) atoms. The number of hydrogen-bond acceptors (Lipinski definition) is 3. The van der Waals surface area contributed by atoms with Crippen LogP contribution in [0.4, 0.5) is 0 Å². The first kappa shape index (κ1) is 12.8. The molecule has 0 aromatic heterocycles. The average molecular weight is 158 g/mol. The van der Waals surface area contributed by atoms with E-state index in [-0.39, 0.29) is 25.9 Å². The van der Waals surface area contributed by atoms with Crippen LogP contribution in [0.2, 0.25) is 0 Å². The number of rotatable bonds is 4. The minimum Gasteiger partial charge on any atom is -1.00 e. The molecule has 0 bridgehead atoms. The van der Waals surface area contributed by atoms with Crippen LogP contribution in [-0.4, -0.2) is 47.3 Å². The number of esters is 1. The van der Waals surface area contributed by atoms with Gasteiger partial charge in [0.1, 0.15) is 6.61 Å². The summed E-state index contributed by atoms with van der Waals surface area (Å²) in [6.07, 6.45) is 1.87. The van der Waals surface area contributed by atoms with Crippen molar-refractivity contribution in [1.29, 1.82) is 0 Å². The van der Waals surface area contributed by atoms with Gasteiger partial charge in [0.2, 0.25) is 0 Å². The van der Waals surface area contributed by atoms with Gasteiger partial charge in [-0.1, -0.05) is 13.3 Å². The van der Waals surface area contributed by atoms with Gasteiger partial charge in [-0.25, -0.2) is 4.79 Å². The number of unbranched alkanes of at least 4 members (excludes halogenated alkanes) is 1. The molecule has 0 amide bonds. The fourth-order valence-electron chi connectivity index (χ4n) is 0.376. The molecule has 0 heterocycles. The molecule has 0 spiro atoms. The molecule has 0 aromatic rings. The van der Waals surface area contributed by atoms with Crippen molar-refractivity contribution >= 4 is 29.0 Å². The third kappa shape index (κ3) is 8.20. The summed E-state index contributed by atoms with van der Waals surface area (Å²) in [7, 11) is 0. The van der Waals surface area contributed by atoms with E-state index in [0.29, 0.717) is 6.61 Å². The molecule has 0 aromatic carbocycles. The third-order valence-corrected chi connectivity index (χ3v) is 0.890. The van der Waals surface area contributed by atoms with Gasteiger partial charge < -0.3 is 12.7 Å². The van der Waals surface area contributed by atoms with Gasteiger partial charge in [-0.3, -0.25) is 0 Å². The van der Waals surface area contributed by atoms with Crippen LogP contribution in [-0.2, 0) is 9.53 Å². The summed E-state index contributed by atoms with van der Waals surface area (Å²) >= 11 is 0. The Hall–Kier alpha value is 0.196. The van der Waals surface area contributed by atoms with E-state index in [0.717, 1.165) is 12.8 Å². The van der Waals surface area contributed by atoms with Gasteiger partial charge >= 0.3 is 29.0 Å². The second-order valence-corrected chi connectivity index (χ2v) is 1.73. The number of hydrogen-bond donors (Lipinski definition) is 1. The molecule has 0 fully saturated rings. The van der Waals surface area contributed by atoms with Gasteiger partial charge in [0.15, 0.2) is 0 Å². The van der Waals surface area contributed by atoms with Gasteiger partial charge in [-0.05, 0) is 6.42 Å². The van der Waals surface area contributed by atoms with Gasteiger partial charge in [0.05, 0.1) is 6.61 Å². The van der Waals surface area contributed by atoms with E-state index >= 15 is 0 Å². The normalized spacial score (nSPS) is 8.20. The fourth-order valence-corrected chi connectivity index (χ4v) is 0.376. The molecule has 1 N–H and O–H groups in total. The third-order valence-electron chi connectivity index (χ3n) is 0.890. The minimum atomic E-state index is -0.538. The van der Waals surface area contributed by atoms with Crippen molar-refractivity contribution in [3.63, 3.8) is 0 Å². The number of aliphatic hydroxyl groups is 1. The molecular formula is C6H14MgO3. The molecule has 0 aliphatic heterocycles. The zero-order valence-electron chi connectivity index (χ0n) is 8.30. The first-order valence-corrected chi connectivity index (χ1v) is 3.07. The van der Waals surface area contributed by atoms with E-state index < -0.39 is 12.6 Å². The van der Waals surface area contributed by atoms with Crippen molar-refractivity contribution in [1.82, 2.24) is 0 Å². The van der Waals surface area contributed by atoms with Crippen LogP contribution in [0.15, 0.2) is 0 Å². The van der Waals surface area contributed by atoms with E-state index in [1.165, 1.54) is 0 Å². The number of ether oxygens (including phenoxy) is 1. The molecule has 0 rings (SSSR count). The van der Waals surface area contributed by atoms with Crippen molar-refractivity contribution in [3.05, 3.63) is 0 Å². The van der Waals surface area contributed by atoms with Crippen molar-refractivity contribution in [3.8, 4) is 0 Å². The first-order chi connectivity index (χ1) is 4.31. The molecule has 0 saturated carbocycles. The van der Waals surface area contributed by atoms with Crippen LogP contribution in [0.25, 0.3) is 0 Å². The Morgan fingerprint density at radius 2 is 2.30 bits per heavy atom.